The number of halogens is 3. The number of benzene rings is 2. The van der Waals surface area contributed by atoms with Crippen LogP contribution in [-0.4, -0.2) is 32.0 Å². The predicted octanol–water partition coefficient (Wildman–Crippen LogP) is 4.18. The molecule has 0 aliphatic carbocycles. The van der Waals surface area contributed by atoms with E-state index in [1.54, 1.807) is 7.05 Å². The van der Waals surface area contributed by atoms with E-state index in [4.69, 9.17) is 0 Å². The Labute approximate surface area is 193 Å². The van der Waals surface area contributed by atoms with Crippen LogP contribution in [0.5, 0.6) is 0 Å². The Morgan fingerprint density at radius 3 is 2.50 bits per heavy atom. The number of amides is 1. The summed E-state index contributed by atoms with van der Waals surface area (Å²) in [7, 11) is 1.67. The summed E-state index contributed by atoms with van der Waals surface area (Å²) in [5.74, 6) is -0.500. The highest BCUT2D eigenvalue weighted by Gasteiger charge is 2.21. The lowest BCUT2D eigenvalue weighted by Gasteiger charge is -2.18. The van der Waals surface area contributed by atoms with E-state index in [-0.39, 0.29) is 35.8 Å². The number of hydrogen-bond donors (Lipinski definition) is 2. The van der Waals surface area contributed by atoms with Crippen LogP contribution in [0.2, 0.25) is 0 Å². The van der Waals surface area contributed by atoms with Gasteiger partial charge in [0.25, 0.3) is 0 Å². The van der Waals surface area contributed by atoms with Crippen molar-refractivity contribution in [1.82, 2.24) is 10.6 Å². The average molecular weight is 528 g/mol. The molecule has 0 bridgehead atoms. The third-order valence-electron chi connectivity index (χ3n) is 5.07. The molecule has 2 N–H and O–H groups in total. The van der Waals surface area contributed by atoms with Crippen molar-refractivity contribution in [2.24, 2.45) is 4.99 Å². The monoisotopic (exact) mass is 528 g/mol. The summed E-state index contributed by atoms with van der Waals surface area (Å²) in [4.78, 5) is 17.8. The second-order valence-corrected chi connectivity index (χ2v) is 7.19. The van der Waals surface area contributed by atoms with Gasteiger partial charge in [-0.1, -0.05) is 25.1 Å². The zero-order valence-electron chi connectivity index (χ0n) is 17.1. The first-order valence-electron chi connectivity index (χ1n) is 9.76. The summed E-state index contributed by atoms with van der Waals surface area (Å²) in [6, 6.07) is 11.5. The molecule has 1 aliphatic rings. The maximum absolute atomic E-state index is 13.9. The van der Waals surface area contributed by atoms with Gasteiger partial charge in [-0.05, 0) is 35.7 Å². The third kappa shape index (κ3) is 6.13. The highest BCUT2D eigenvalue weighted by molar-refractivity contribution is 14.0. The topological polar surface area (TPSA) is 56.7 Å². The summed E-state index contributed by atoms with van der Waals surface area (Å²) >= 11 is 0. The molecule has 1 fully saturated rings. The van der Waals surface area contributed by atoms with Gasteiger partial charge in [-0.15, -0.1) is 24.0 Å². The van der Waals surface area contributed by atoms with Crippen molar-refractivity contribution in [3.63, 3.8) is 0 Å². The van der Waals surface area contributed by atoms with Gasteiger partial charge in [-0.2, -0.15) is 0 Å². The van der Waals surface area contributed by atoms with Gasteiger partial charge in [0.15, 0.2) is 5.96 Å². The molecule has 0 radical (unpaired) electrons. The molecule has 30 heavy (non-hydrogen) atoms. The first kappa shape index (κ1) is 24.0. The Morgan fingerprint density at radius 2 is 1.90 bits per heavy atom. The summed E-state index contributed by atoms with van der Waals surface area (Å²) in [5.41, 5.74) is 2.44. The van der Waals surface area contributed by atoms with Crippen LogP contribution in [0.3, 0.4) is 0 Å². The molecule has 1 saturated heterocycles. The third-order valence-corrected chi connectivity index (χ3v) is 5.07. The number of carbonyl (C=O) groups excluding carboxylic acids is 1. The van der Waals surface area contributed by atoms with Gasteiger partial charge in [-0.3, -0.25) is 9.79 Å². The lowest BCUT2D eigenvalue weighted by molar-refractivity contribution is -0.117. The molecule has 5 nitrogen and oxygen atoms in total. The smallest absolute Gasteiger partial charge is 0.227 e. The summed E-state index contributed by atoms with van der Waals surface area (Å²) in [5, 5.41) is 6.39. The van der Waals surface area contributed by atoms with E-state index in [0.717, 1.165) is 30.3 Å². The molecule has 0 spiro atoms. The second kappa shape index (κ2) is 11.2. The molecule has 0 saturated carbocycles. The zero-order valence-corrected chi connectivity index (χ0v) is 19.5. The lowest BCUT2D eigenvalue weighted by atomic mass is 10.0. The molecule has 1 heterocycles. The van der Waals surface area contributed by atoms with Crippen molar-refractivity contribution in [1.29, 1.82) is 0 Å². The molecule has 1 atom stereocenters. The van der Waals surface area contributed by atoms with Gasteiger partial charge < -0.3 is 15.5 Å². The van der Waals surface area contributed by atoms with Crippen LogP contribution in [0, 0.1) is 11.6 Å². The highest BCUT2D eigenvalue weighted by Crippen LogP contribution is 2.22. The first-order chi connectivity index (χ1) is 14.0. The SMILES string of the molecule is CN=C(NCc1ccc(N2CCCC2=O)cc1)NCC(C)c1ccc(F)cc1F.I. The van der Waals surface area contributed by atoms with E-state index in [0.29, 0.717) is 31.0 Å². The molecular formula is C22H27F2IN4O. The van der Waals surface area contributed by atoms with E-state index in [1.807, 2.05) is 36.1 Å². The number of nitrogens with zero attached hydrogens (tertiary/aromatic N) is 2. The molecule has 8 heteroatoms. The molecule has 2 aromatic carbocycles. The maximum Gasteiger partial charge on any atom is 0.227 e. The summed E-state index contributed by atoms with van der Waals surface area (Å²) < 4.78 is 27.0. The van der Waals surface area contributed by atoms with E-state index < -0.39 is 11.6 Å². The number of rotatable bonds is 6. The first-order valence-corrected chi connectivity index (χ1v) is 9.76. The molecule has 162 valence electrons. The molecular weight excluding hydrogens is 501 g/mol. The van der Waals surface area contributed by atoms with Crippen molar-refractivity contribution >= 4 is 41.5 Å². The summed E-state index contributed by atoms with van der Waals surface area (Å²) in [6.07, 6.45) is 1.52. The zero-order chi connectivity index (χ0) is 20.8. The van der Waals surface area contributed by atoms with E-state index in [1.165, 1.54) is 12.1 Å². The number of anilines is 1. The van der Waals surface area contributed by atoms with Gasteiger partial charge in [0.1, 0.15) is 11.6 Å². The fraction of sp³-hybridized carbons (Fsp3) is 0.364. The normalized spacial score (nSPS) is 15.0. The van der Waals surface area contributed by atoms with Crippen LogP contribution in [-0.2, 0) is 11.3 Å². The summed E-state index contributed by atoms with van der Waals surface area (Å²) in [6.45, 7) is 3.67. The Morgan fingerprint density at radius 1 is 1.17 bits per heavy atom. The lowest BCUT2D eigenvalue weighted by Crippen LogP contribution is -2.38. The van der Waals surface area contributed by atoms with Gasteiger partial charge in [0, 0.05) is 50.8 Å². The minimum atomic E-state index is -0.580. The fourth-order valence-corrected chi connectivity index (χ4v) is 3.38. The maximum atomic E-state index is 13.9. The average Bonchev–Trinajstić information content (AvgIpc) is 3.14. The molecule has 3 rings (SSSR count). The van der Waals surface area contributed by atoms with Crippen molar-refractivity contribution in [3.8, 4) is 0 Å². The largest absolute Gasteiger partial charge is 0.356 e. The highest BCUT2D eigenvalue weighted by atomic mass is 127. The number of carbonyl (C=O) groups is 1. The Balaban J connectivity index is 0.00000320. The van der Waals surface area contributed by atoms with Crippen LogP contribution in [0.4, 0.5) is 14.5 Å². The van der Waals surface area contributed by atoms with E-state index in [2.05, 4.69) is 15.6 Å². The standard InChI is InChI=1S/C22H26F2N4O.HI/c1-15(19-10-7-17(23)12-20(19)24)13-26-22(25-2)27-14-16-5-8-18(9-6-16)28-11-3-4-21(28)29;/h5-10,12,15H,3-4,11,13-14H2,1-2H3,(H2,25,26,27);1H. The Hall–Kier alpha value is -2.23. The Kier molecular flexibility index (Phi) is 9.01. The van der Waals surface area contributed by atoms with Gasteiger partial charge in [0.05, 0.1) is 0 Å². The van der Waals surface area contributed by atoms with Crippen LogP contribution < -0.4 is 15.5 Å². The molecule has 0 aromatic heterocycles. The van der Waals surface area contributed by atoms with Crippen molar-refractivity contribution in [3.05, 3.63) is 65.2 Å². The van der Waals surface area contributed by atoms with Gasteiger partial charge >= 0.3 is 0 Å². The van der Waals surface area contributed by atoms with E-state index in [9.17, 15) is 13.6 Å². The van der Waals surface area contributed by atoms with Crippen LogP contribution in [0.1, 0.15) is 36.8 Å². The second-order valence-electron chi connectivity index (χ2n) is 7.19. The number of nitrogens with one attached hydrogen (secondary N) is 2. The predicted molar refractivity (Wildman–Crippen MR) is 126 cm³/mol. The molecule has 2 aromatic rings. The minimum absolute atomic E-state index is 0. The Bertz CT molecular complexity index is 889. The number of hydrogen-bond acceptors (Lipinski definition) is 2. The number of aliphatic imine (C=N–C) groups is 1. The van der Waals surface area contributed by atoms with Crippen LogP contribution in [0.25, 0.3) is 0 Å². The van der Waals surface area contributed by atoms with Crippen molar-refractivity contribution in [2.45, 2.75) is 32.2 Å². The minimum Gasteiger partial charge on any atom is -0.356 e. The fourth-order valence-electron chi connectivity index (χ4n) is 3.38. The van der Waals surface area contributed by atoms with Crippen molar-refractivity contribution in [2.75, 3.05) is 25.0 Å². The molecule has 1 amide bonds. The van der Waals surface area contributed by atoms with Gasteiger partial charge in [0.2, 0.25) is 5.91 Å². The van der Waals surface area contributed by atoms with Crippen LogP contribution in [0.15, 0.2) is 47.5 Å². The van der Waals surface area contributed by atoms with Crippen molar-refractivity contribution < 1.29 is 13.6 Å². The molecule has 1 unspecified atom stereocenters. The van der Waals surface area contributed by atoms with Crippen LogP contribution >= 0.6 is 24.0 Å². The molecule has 1 aliphatic heterocycles. The van der Waals surface area contributed by atoms with E-state index >= 15 is 0 Å². The van der Waals surface area contributed by atoms with Gasteiger partial charge in [-0.25, -0.2) is 8.78 Å². The number of guanidine groups is 1. The quantitative estimate of drug-likeness (QED) is 0.336.